The molecule has 0 spiro atoms. The number of nitrogens with zero attached hydrogens (tertiary/aromatic N) is 5. The Morgan fingerprint density at radius 3 is 2.69 bits per heavy atom. The zero-order valence-corrected chi connectivity index (χ0v) is 13.3. The van der Waals surface area contributed by atoms with Gasteiger partial charge in [0, 0.05) is 25.4 Å². The van der Waals surface area contributed by atoms with Gasteiger partial charge in [0.25, 0.3) is 5.91 Å². The van der Waals surface area contributed by atoms with Crippen molar-refractivity contribution in [2.24, 2.45) is 0 Å². The van der Waals surface area contributed by atoms with Gasteiger partial charge in [0.1, 0.15) is 11.5 Å². The number of hydrogen-bond acceptors (Lipinski definition) is 4. The maximum atomic E-state index is 12.9. The van der Waals surface area contributed by atoms with Gasteiger partial charge in [0.2, 0.25) is 0 Å². The van der Waals surface area contributed by atoms with E-state index in [1.54, 1.807) is 35.4 Å². The maximum absolute atomic E-state index is 12.9. The number of aromatic nitrogens is 4. The zero-order chi connectivity index (χ0) is 18.3. The fourth-order valence-electron chi connectivity index (χ4n) is 2.81. The van der Waals surface area contributed by atoms with Crippen molar-refractivity contribution in [3.63, 3.8) is 0 Å². The predicted molar refractivity (Wildman–Crippen MR) is 86.0 cm³/mol. The van der Waals surface area contributed by atoms with Gasteiger partial charge in [0.05, 0.1) is 23.1 Å². The third-order valence-corrected chi connectivity index (χ3v) is 4.05. The molecule has 0 atom stereocenters. The summed E-state index contributed by atoms with van der Waals surface area (Å²) in [5.74, 6) is -0.446. The van der Waals surface area contributed by atoms with Gasteiger partial charge in [0.15, 0.2) is 0 Å². The van der Waals surface area contributed by atoms with Crippen LogP contribution in [-0.2, 0) is 12.6 Å². The molecule has 0 saturated heterocycles. The van der Waals surface area contributed by atoms with Gasteiger partial charge in [-0.25, -0.2) is 9.67 Å². The number of hydrogen-bond donors (Lipinski definition) is 0. The third-order valence-electron chi connectivity index (χ3n) is 4.05. The minimum atomic E-state index is -4.56. The van der Waals surface area contributed by atoms with Crippen LogP contribution >= 0.6 is 0 Å². The molecule has 0 aliphatic carbocycles. The lowest BCUT2D eigenvalue weighted by molar-refractivity contribution is -0.141. The van der Waals surface area contributed by atoms with Gasteiger partial charge < -0.3 is 0 Å². The van der Waals surface area contributed by atoms with E-state index in [1.807, 2.05) is 0 Å². The molecule has 1 aliphatic heterocycles. The van der Waals surface area contributed by atoms with Crippen LogP contribution in [0.5, 0.6) is 0 Å². The van der Waals surface area contributed by atoms with Crippen LogP contribution in [0.25, 0.3) is 5.69 Å². The second-order valence-electron chi connectivity index (χ2n) is 5.73. The topological polar surface area (TPSA) is 63.9 Å². The fourth-order valence-corrected chi connectivity index (χ4v) is 2.81. The number of amides is 1. The molecule has 4 rings (SSSR count). The minimum Gasteiger partial charge on any atom is -0.292 e. The van der Waals surface area contributed by atoms with Crippen molar-refractivity contribution >= 4 is 11.7 Å². The van der Waals surface area contributed by atoms with E-state index in [4.69, 9.17) is 0 Å². The van der Waals surface area contributed by atoms with Crippen molar-refractivity contribution in [1.82, 2.24) is 19.7 Å². The lowest BCUT2D eigenvalue weighted by atomic mass is 10.1. The minimum absolute atomic E-state index is 0.0235. The van der Waals surface area contributed by atoms with Crippen molar-refractivity contribution in [1.29, 1.82) is 0 Å². The van der Waals surface area contributed by atoms with Gasteiger partial charge in [-0.1, -0.05) is 6.07 Å². The van der Waals surface area contributed by atoms with Crippen molar-refractivity contribution in [2.45, 2.75) is 12.6 Å². The molecule has 3 aromatic rings. The molecule has 0 radical (unpaired) electrons. The van der Waals surface area contributed by atoms with Gasteiger partial charge in [-0.3, -0.25) is 14.7 Å². The molecule has 0 aromatic carbocycles. The van der Waals surface area contributed by atoms with Gasteiger partial charge in [-0.2, -0.15) is 18.3 Å². The number of pyridine rings is 2. The Labute approximate surface area is 145 Å². The van der Waals surface area contributed by atoms with E-state index < -0.39 is 17.8 Å². The van der Waals surface area contributed by atoms with Crippen LogP contribution in [0.1, 0.15) is 21.7 Å². The number of rotatable bonds is 2. The summed E-state index contributed by atoms with van der Waals surface area (Å²) in [6, 6.07) is 7.05. The highest BCUT2D eigenvalue weighted by atomic mass is 19.4. The number of halogens is 3. The normalized spacial score (nSPS) is 14.4. The number of carbonyl (C=O) groups is 1. The van der Waals surface area contributed by atoms with E-state index in [0.717, 1.165) is 6.07 Å². The molecule has 6 nitrogen and oxygen atoms in total. The predicted octanol–water partition coefficient (Wildman–Crippen LogP) is 2.88. The molecule has 26 heavy (non-hydrogen) atoms. The molecule has 0 N–H and O–H groups in total. The van der Waals surface area contributed by atoms with E-state index in [2.05, 4.69) is 15.1 Å². The average Bonchev–Trinajstić information content (AvgIpc) is 3.07. The molecule has 1 amide bonds. The molecular weight excluding hydrogens is 347 g/mol. The molecule has 0 bridgehead atoms. The van der Waals surface area contributed by atoms with Crippen LogP contribution < -0.4 is 4.90 Å². The monoisotopic (exact) mass is 359 g/mol. The first-order valence-electron chi connectivity index (χ1n) is 7.78. The van der Waals surface area contributed by atoms with Crippen LogP contribution in [0.4, 0.5) is 19.0 Å². The second-order valence-corrected chi connectivity index (χ2v) is 5.73. The lowest BCUT2D eigenvalue weighted by Gasteiger charge is -2.25. The number of fused-ring (bicyclic) bond motifs is 1. The summed E-state index contributed by atoms with van der Waals surface area (Å²) >= 11 is 0. The highest BCUT2D eigenvalue weighted by Crippen LogP contribution is 2.30. The van der Waals surface area contributed by atoms with E-state index in [9.17, 15) is 18.0 Å². The van der Waals surface area contributed by atoms with E-state index in [0.29, 0.717) is 23.4 Å². The Morgan fingerprint density at radius 1 is 1.12 bits per heavy atom. The average molecular weight is 359 g/mol. The van der Waals surface area contributed by atoms with E-state index >= 15 is 0 Å². The maximum Gasteiger partial charge on any atom is 0.433 e. The summed E-state index contributed by atoms with van der Waals surface area (Å²) in [7, 11) is 0. The summed E-state index contributed by atoms with van der Waals surface area (Å²) < 4.78 is 40.2. The van der Waals surface area contributed by atoms with Crippen molar-refractivity contribution in [3.8, 4) is 5.69 Å². The van der Waals surface area contributed by atoms with Crippen LogP contribution in [0, 0.1) is 0 Å². The highest BCUT2D eigenvalue weighted by molar-refractivity contribution is 6.07. The lowest BCUT2D eigenvalue weighted by Crippen LogP contribution is -2.38. The summed E-state index contributed by atoms with van der Waals surface area (Å²) in [5, 5.41) is 4.39. The fraction of sp³-hybridized carbons (Fsp3) is 0.176. The summed E-state index contributed by atoms with van der Waals surface area (Å²) in [4.78, 5) is 21.6. The molecular formula is C17H12F3N5O. The van der Waals surface area contributed by atoms with E-state index in [1.165, 1.54) is 17.0 Å². The van der Waals surface area contributed by atoms with Crippen molar-refractivity contribution in [2.75, 3.05) is 11.4 Å². The molecule has 0 unspecified atom stereocenters. The highest BCUT2D eigenvalue weighted by Gasteiger charge is 2.34. The Kier molecular flexibility index (Phi) is 3.71. The van der Waals surface area contributed by atoms with Crippen LogP contribution in [-0.4, -0.2) is 32.2 Å². The zero-order valence-electron chi connectivity index (χ0n) is 13.3. The van der Waals surface area contributed by atoms with Crippen molar-refractivity contribution in [3.05, 3.63) is 65.9 Å². The Bertz CT molecular complexity index is 968. The molecule has 9 heteroatoms. The van der Waals surface area contributed by atoms with Crippen LogP contribution in [0.15, 0.2) is 48.9 Å². The molecule has 0 fully saturated rings. The SMILES string of the molecule is O=C1c2cn(-c3cccnc3)nc2CCN1c1cccc(C(F)(F)F)n1. The quantitative estimate of drug-likeness (QED) is 0.706. The molecule has 4 heterocycles. The van der Waals surface area contributed by atoms with Crippen molar-refractivity contribution < 1.29 is 18.0 Å². The molecule has 132 valence electrons. The smallest absolute Gasteiger partial charge is 0.292 e. The number of anilines is 1. The van der Waals surface area contributed by atoms with Gasteiger partial charge in [-0.15, -0.1) is 0 Å². The first-order valence-corrected chi connectivity index (χ1v) is 7.78. The van der Waals surface area contributed by atoms with Gasteiger partial charge >= 0.3 is 6.18 Å². The Morgan fingerprint density at radius 2 is 1.96 bits per heavy atom. The first-order chi connectivity index (χ1) is 12.4. The van der Waals surface area contributed by atoms with Crippen LogP contribution in [0.3, 0.4) is 0 Å². The van der Waals surface area contributed by atoms with Gasteiger partial charge in [-0.05, 0) is 24.3 Å². The molecule has 3 aromatic heterocycles. The first kappa shape index (κ1) is 16.2. The summed E-state index contributed by atoms with van der Waals surface area (Å²) in [5.41, 5.74) is 0.611. The third kappa shape index (κ3) is 2.81. The number of alkyl halides is 3. The standard InChI is InChI=1S/C17H12F3N5O/c18-17(19,20)14-4-1-5-15(22-14)24-8-6-13-12(16(24)26)10-25(23-13)11-3-2-7-21-9-11/h1-5,7,9-10H,6,8H2. The van der Waals surface area contributed by atoms with E-state index in [-0.39, 0.29) is 12.4 Å². The molecule has 1 aliphatic rings. The van der Waals surface area contributed by atoms with Crippen LogP contribution in [0.2, 0.25) is 0 Å². The summed E-state index contributed by atoms with van der Waals surface area (Å²) in [6.45, 7) is 0.212. The Balaban J connectivity index is 1.68. The second kappa shape index (κ2) is 5.94. The summed E-state index contributed by atoms with van der Waals surface area (Å²) in [6.07, 6.45) is 0.653. The Hall–Kier alpha value is -3.23. The molecule has 0 saturated carbocycles. The number of carbonyl (C=O) groups excluding carboxylic acids is 1. The largest absolute Gasteiger partial charge is 0.433 e.